The molecule has 228 valence electrons. The van der Waals surface area contributed by atoms with Gasteiger partial charge >= 0.3 is 0 Å². The number of benzene rings is 6. The Morgan fingerprint density at radius 1 is 0.542 bits per heavy atom. The molecule has 2 aliphatic carbocycles. The smallest absolute Gasteiger partial charge is 0.162 e. The Bertz CT molecular complexity index is 2760. The molecule has 0 atom stereocenters. The van der Waals surface area contributed by atoms with Crippen LogP contribution in [0.4, 0.5) is 0 Å². The molecule has 0 N–H and O–H groups in total. The molecule has 0 saturated carbocycles. The first kappa shape index (κ1) is 27.3. The van der Waals surface area contributed by atoms with Crippen LogP contribution in [0.15, 0.2) is 127 Å². The number of hydrogen-bond acceptors (Lipinski definition) is 2. The molecular weight excluding hydrogens is 583 g/mol. The molecule has 8 aromatic rings. The van der Waals surface area contributed by atoms with E-state index >= 15 is 0 Å². The fourth-order valence-corrected chi connectivity index (χ4v) is 8.27. The van der Waals surface area contributed by atoms with E-state index in [1.807, 2.05) is 0 Å². The molecular formula is C45H33N3. The van der Waals surface area contributed by atoms with Crippen LogP contribution in [0, 0.1) is 0 Å². The average Bonchev–Trinajstić information content (AvgIpc) is 3.59. The maximum absolute atomic E-state index is 5.49. The molecule has 0 radical (unpaired) electrons. The largest absolute Gasteiger partial charge is 0.293 e. The van der Waals surface area contributed by atoms with E-state index in [0.717, 1.165) is 52.0 Å². The number of hydrogen-bond donors (Lipinski definition) is 0. The fraction of sp³-hybridized carbons (Fsp3) is 0.111. The summed E-state index contributed by atoms with van der Waals surface area (Å²) in [5.41, 5.74) is 11.8. The van der Waals surface area contributed by atoms with Gasteiger partial charge in [0.1, 0.15) is 5.82 Å². The summed E-state index contributed by atoms with van der Waals surface area (Å²) >= 11 is 0. The maximum Gasteiger partial charge on any atom is 0.162 e. The number of aromatic nitrogens is 3. The summed E-state index contributed by atoms with van der Waals surface area (Å²) < 4.78 is 2.35. The third kappa shape index (κ3) is 3.88. The van der Waals surface area contributed by atoms with Crippen LogP contribution in [0.5, 0.6) is 0 Å². The molecule has 48 heavy (non-hydrogen) atoms. The predicted molar refractivity (Wildman–Crippen MR) is 200 cm³/mol. The summed E-state index contributed by atoms with van der Waals surface area (Å²) in [5, 5.41) is 6.14. The molecule has 0 amide bonds. The quantitative estimate of drug-likeness (QED) is 0.198. The van der Waals surface area contributed by atoms with Gasteiger partial charge < -0.3 is 0 Å². The van der Waals surface area contributed by atoms with Crippen molar-refractivity contribution >= 4 is 44.9 Å². The zero-order valence-corrected chi connectivity index (χ0v) is 27.0. The lowest BCUT2D eigenvalue weighted by molar-refractivity contribution is 0.660. The van der Waals surface area contributed by atoms with E-state index < -0.39 is 0 Å². The molecule has 3 nitrogen and oxygen atoms in total. The van der Waals surface area contributed by atoms with Crippen molar-refractivity contribution in [3.05, 3.63) is 149 Å². The van der Waals surface area contributed by atoms with Crippen molar-refractivity contribution in [2.75, 3.05) is 0 Å². The summed E-state index contributed by atoms with van der Waals surface area (Å²) in [6, 6.07) is 46.3. The molecule has 2 heterocycles. The second-order valence-corrected chi connectivity index (χ2v) is 13.7. The Labute approximate surface area is 279 Å². The molecule has 0 bridgehead atoms. The lowest BCUT2D eigenvalue weighted by atomic mass is 9.82. The van der Waals surface area contributed by atoms with Gasteiger partial charge in [-0.25, -0.2) is 9.97 Å². The summed E-state index contributed by atoms with van der Waals surface area (Å²) in [6.45, 7) is 4.64. The van der Waals surface area contributed by atoms with E-state index in [1.54, 1.807) is 0 Å². The van der Waals surface area contributed by atoms with Crippen molar-refractivity contribution in [3.63, 3.8) is 0 Å². The van der Waals surface area contributed by atoms with Crippen LogP contribution in [0.25, 0.3) is 84.3 Å². The minimum absolute atomic E-state index is 0.0967. The Kier molecular flexibility index (Phi) is 5.75. The lowest BCUT2D eigenvalue weighted by Crippen LogP contribution is -2.26. The van der Waals surface area contributed by atoms with Gasteiger partial charge in [-0.15, -0.1) is 0 Å². The second-order valence-electron chi connectivity index (χ2n) is 13.7. The van der Waals surface area contributed by atoms with E-state index in [9.17, 15) is 0 Å². The van der Waals surface area contributed by atoms with E-state index in [0.29, 0.717) is 0 Å². The Morgan fingerprint density at radius 2 is 1.23 bits per heavy atom. The third-order valence-electron chi connectivity index (χ3n) is 10.6. The van der Waals surface area contributed by atoms with Crippen molar-refractivity contribution in [3.8, 4) is 39.5 Å². The summed E-state index contributed by atoms with van der Waals surface area (Å²) in [5.74, 6) is 1.65. The minimum Gasteiger partial charge on any atom is -0.293 e. The number of para-hydroxylation sites is 2. The first-order valence-corrected chi connectivity index (χ1v) is 16.9. The van der Waals surface area contributed by atoms with Gasteiger partial charge in [-0.05, 0) is 93.1 Å². The molecule has 0 aliphatic heterocycles. The highest BCUT2D eigenvalue weighted by molar-refractivity contribution is 6.11. The molecule has 0 unspecified atom stereocenters. The van der Waals surface area contributed by atoms with Crippen molar-refractivity contribution in [2.45, 2.75) is 32.1 Å². The van der Waals surface area contributed by atoms with Gasteiger partial charge in [0.25, 0.3) is 0 Å². The van der Waals surface area contributed by atoms with Crippen molar-refractivity contribution < 1.29 is 0 Å². The van der Waals surface area contributed by atoms with Crippen molar-refractivity contribution in [1.82, 2.24) is 14.5 Å². The summed E-state index contributed by atoms with van der Waals surface area (Å²) in [6.07, 6.45) is 6.94. The fourth-order valence-electron chi connectivity index (χ4n) is 8.27. The number of nitrogens with zero attached hydrogens (tertiary/aromatic N) is 3. The van der Waals surface area contributed by atoms with Gasteiger partial charge in [-0.3, -0.25) is 4.57 Å². The molecule has 0 saturated heterocycles. The van der Waals surface area contributed by atoms with Crippen LogP contribution in [0.1, 0.15) is 37.8 Å². The molecule has 3 heteroatoms. The maximum atomic E-state index is 5.49. The van der Waals surface area contributed by atoms with Crippen LogP contribution < -0.4 is 10.4 Å². The first-order valence-electron chi connectivity index (χ1n) is 16.9. The summed E-state index contributed by atoms with van der Waals surface area (Å²) in [7, 11) is 0. The molecule has 10 rings (SSSR count). The topological polar surface area (TPSA) is 30.7 Å². The van der Waals surface area contributed by atoms with E-state index in [4.69, 9.17) is 9.97 Å². The van der Waals surface area contributed by atoms with E-state index in [2.05, 4.69) is 158 Å². The molecule has 0 spiro atoms. The lowest BCUT2D eigenvalue weighted by Gasteiger charge is -2.21. The highest BCUT2D eigenvalue weighted by atomic mass is 15.1. The zero-order chi connectivity index (χ0) is 32.0. The Hall–Kier alpha value is -5.80. The van der Waals surface area contributed by atoms with Gasteiger partial charge in [0.05, 0.1) is 16.6 Å². The molecule has 0 fully saturated rings. The third-order valence-corrected chi connectivity index (χ3v) is 10.6. The van der Waals surface area contributed by atoms with Crippen molar-refractivity contribution in [2.24, 2.45) is 0 Å². The monoisotopic (exact) mass is 615 g/mol. The van der Waals surface area contributed by atoms with Gasteiger partial charge in [0, 0.05) is 27.1 Å². The zero-order valence-electron chi connectivity index (χ0n) is 27.0. The van der Waals surface area contributed by atoms with Gasteiger partial charge in [-0.1, -0.05) is 117 Å². The minimum atomic E-state index is -0.0967. The number of rotatable bonds is 3. The van der Waals surface area contributed by atoms with Gasteiger partial charge in [-0.2, -0.15) is 0 Å². The van der Waals surface area contributed by atoms with Crippen LogP contribution in [-0.4, -0.2) is 14.5 Å². The molecule has 2 aromatic heterocycles. The normalized spacial score (nSPS) is 14.4. The first-order chi connectivity index (χ1) is 23.6. The highest BCUT2D eigenvalue weighted by Crippen LogP contribution is 2.51. The van der Waals surface area contributed by atoms with E-state index in [-0.39, 0.29) is 5.41 Å². The molecule has 2 aliphatic rings. The standard InChI is InChI=1S/C45H33N3/c1-45(2)37-18-8-5-15-33(37)42-35(17-11-19-38(42)45)43-46-39-20-9-6-16-34(39)44(47-43)48-40-21-10-7-14-32(40)36-27-31(24-25-41(36)48)30-23-22-28-12-3-4-13-29(28)26-30/h5-27H,3-4H2,1-2H3. The summed E-state index contributed by atoms with van der Waals surface area (Å²) in [4.78, 5) is 10.7. The number of fused-ring (bicyclic) bond motifs is 8. The Morgan fingerprint density at radius 3 is 2.15 bits per heavy atom. The second kappa shape index (κ2) is 10.1. The Balaban J connectivity index is 1.23. The predicted octanol–water partition coefficient (Wildman–Crippen LogP) is 9.72. The van der Waals surface area contributed by atoms with Gasteiger partial charge in [0.15, 0.2) is 5.82 Å². The SMILES string of the molecule is CC1(C)c2ccccc2-c2c(-c3nc(-n4c5ccccc5c5cc(-c6ccc7c(c6)=CCCC=7)ccc54)c4ccccc4n3)cccc21. The van der Waals surface area contributed by atoms with E-state index in [1.165, 1.54) is 54.6 Å². The van der Waals surface area contributed by atoms with Crippen LogP contribution >= 0.6 is 0 Å². The molecule has 6 aromatic carbocycles. The average molecular weight is 616 g/mol. The van der Waals surface area contributed by atoms with Crippen LogP contribution in [0.2, 0.25) is 0 Å². The van der Waals surface area contributed by atoms with Gasteiger partial charge in [0.2, 0.25) is 0 Å². The van der Waals surface area contributed by atoms with Crippen molar-refractivity contribution in [1.29, 1.82) is 0 Å². The highest BCUT2D eigenvalue weighted by Gasteiger charge is 2.37. The van der Waals surface area contributed by atoms with Crippen LogP contribution in [0.3, 0.4) is 0 Å². The van der Waals surface area contributed by atoms with Crippen LogP contribution in [-0.2, 0) is 5.41 Å².